The number of anilines is 1. The van der Waals surface area contributed by atoms with Crippen molar-refractivity contribution >= 4 is 11.7 Å². The van der Waals surface area contributed by atoms with Gasteiger partial charge in [0.05, 0.1) is 6.04 Å². The minimum Gasteiger partial charge on any atom is -0.354 e. The molecule has 2 aliphatic heterocycles. The number of pyridine rings is 1. The van der Waals surface area contributed by atoms with E-state index in [2.05, 4.69) is 27.9 Å². The normalized spacial score (nSPS) is 23.6. The van der Waals surface area contributed by atoms with Crippen LogP contribution >= 0.6 is 0 Å². The molecular weight excluding hydrogens is 264 g/mol. The van der Waals surface area contributed by atoms with Crippen LogP contribution in [0.1, 0.15) is 31.4 Å². The number of nitrogens with zero attached hydrogens (tertiary/aromatic N) is 4. The molecule has 2 saturated heterocycles. The van der Waals surface area contributed by atoms with E-state index >= 15 is 0 Å². The SMILES string of the molecule is CC(=O)N1CCCC1c1cccnc1N1CCN(C)CC1. The first-order valence-electron chi connectivity index (χ1n) is 7.82. The molecular formula is C16H24N4O. The molecule has 1 atom stereocenters. The summed E-state index contributed by atoms with van der Waals surface area (Å²) in [5, 5.41) is 0. The van der Waals surface area contributed by atoms with Gasteiger partial charge in [-0.2, -0.15) is 0 Å². The van der Waals surface area contributed by atoms with E-state index in [1.165, 1.54) is 5.56 Å². The van der Waals surface area contributed by atoms with E-state index in [-0.39, 0.29) is 11.9 Å². The first-order chi connectivity index (χ1) is 10.2. The maximum atomic E-state index is 11.8. The number of rotatable bonds is 2. The highest BCUT2D eigenvalue weighted by Crippen LogP contribution is 2.36. The molecule has 0 spiro atoms. The van der Waals surface area contributed by atoms with E-state index in [0.717, 1.165) is 51.4 Å². The molecule has 5 nitrogen and oxygen atoms in total. The van der Waals surface area contributed by atoms with Gasteiger partial charge in [0.2, 0.25) is 5.91 Å². The second-order valence-corrected chi connectivity index (χ2v) is 6.08. The van der Waals surface area contributed by atoms with Gasteiger partial charge in [-0.15, -0.1) is 0 Å². The van der Waals surface area contributed by atoms with Gasteiger partial charge in [0, 0.05) is 51.4 Å². The maximum Gasteiger partial charge on any atom is 0.219 e. The van der Waals surface area contributed by atoms with Crippen LogP contribution in [0.5, 0.6) is 0 Å². The number of carbonyl (C=O) groups excluding carboxylic acids is 1. The monoisotopic (exact) mass is 288 g/mol. The summed E-state index contributed by atoms with van der Waals surface area (Å²) >= 11 is 0. The second kappa shape index (κ2) is 6.02. The van der Waals surface area contributed by atoms with Crippen molar-refractivity contribution in [3.8, 4) is 0 Å². The Morgan fingerprint density at radius 1 is 1.24 bits per heavy atom. The molecule has 0 N–H and O–H groups in total. The molecule has 0 radical (unpaired) electrons. The van der Waals surface area contributed by atoms with Crippen LogP contribution in [0.4, 0.5) is 5.82 Å². The number of carbonyl (C=O) groups is 1. The quantitative estimate of drug-likeness (QED) is 0.827. The predicted octanol–water partition coefficient (Wildman–Crippen LogP) is 1.52. The van der Waals surface area contributed by atoms with Gasteiger partial charge in [-0.25, -0.2) is 4.98 Å². The number of hydrogen-bond acceptors (Lipinski definition) is 4. The average Bonchev–Trinajstić information content (AvgIpc) is 2.98. The third-order valence-electron chi connectivity index (χ3n) is 4.64. The van der Waals surface area contributed by atoms with Crippen LogP contribution in [-0.2, 0) is 4.79 Å². The largest absolute Gasteiger partial charge is 0.354 e. The molecule has 1 aromatic rings. The number of aromatic nitrogens is 1. The molecule has 0 saturated carbocycles. The van der Waals surface area contributed by atoms with Gasteiger partial charge in [0.25, 0.3) is 0 Å². The van der Waals surface area contributed by atoms with Crippen LogP contribution in [-0.4, -0.2) is 60.5 Å². The van der Waals surface area contributed by atoms with Crippen molar-refractivity contribution in [1.82, 2.24) is 14.8 Å². The highest BCUT2D eigenvalue weighted by molar-refractivity contribution is 5.74. The fourth-order valence-electron chi connectivity index (χ4n) is 3.42. The van der Waals surface area contributed by atoms with Crippen LogP contribution in [0, 0.1) is 0 Å². The van der Waals surface area contributed by atoms with Crippen molar-refractivity contribution < 1.29 is 4.79 Å². The lowest BCUT2D eigenvalue weighted by atomic mass is 10.0. The Morgan fingerprint density at radius 2 is 2.00 bits per heavy atom. The van der Waals surface area contributed by atoms with Gasteiger partial charge in [0.1, 0.15) is 5.82 Å². The lowest BCUT2D eigenvalue weighted by molar-refractivity contribution is -0.129. The Hall–Kier alpha value is -1.62. The molecule has 3 heterocycles. The van der Waals surface area contributed by atoms with Gasteiger partial charge in [-0.1, -0.05) is 6.07 Å². The standard InChI is InChI=1S/C16H24N4O/c1-13(21)20-8-4-6-15(20)14-5-3-7-17-16(14)19-11-9-18(2)10-12-19/h3,5,7,15H,4,6,8-12H2,1-2H3. The van der Waals surface area contributed by atoms with Crippen molar-refractivity contribution in [2.24, 2.45) is 0 Å². The predicted molar refractivity (Wildman–Crippen MR) is 83.3 cm³/mol. The zero-order chi connectivity index (χ0) is 14.8. The molecule has 0 aromatic carbocycles. The zero-order valence-corrected chi connectivity index (χ0v) is 13.0. The Kier molecular flexibility index (Phi) is 4.10. The summed E-state index contributed by atoms with van der Waals surface area (Å²) < 4.78 is 0. The number of likely N-dealkylation sites (N-methyl/N-ethyl adjacent to an activating group) is 1. The molecule has 0 aliphatic carbocycles. The van der Waals surface area contributed by atoms with Gasteiger partial charge >= 0.3 is 0 Å². The number of piperazine rings is 1. The molecule has 5 heteroatoms. The number of likely N-dealkylation sites (tertiary alicyclic amines) is 1. The van der Waals surface area contributed by atoms with E-state index < -0.39 is 0 Å². The van der Waals surface area contributed by atoms with Crippen molar-refractivity contribution in [2.75, 3.05) is 44.7 Å². The highest BCUT2D eigenvalue weighted by atomic mass is 16.2. The summed E-state index contributed by atoms with van der Waals surface area (Å²) in [6.45, 7) is 6.69. The third kappa shape index (κ3) is 2.88. The van der Waals surface area contributed by atoms with Crippen LogP contribution < -0.4 is 4.90 Å². The van der Waals surface area contributed by atoms with Crippen LogP contribution in [0.2, 0.25) is 0 Å². The maximum absolute atomic E-state index is 11.8. The Balaban J connectivity index is 1.87. The van der Waals surface area contributed by atoms with E-state index in [1.807, 2.05) is 17.2 Å². The third-order valence-corrected chi connectivity index (χ3v) is 4.64. The van der Waals surface area contributed by atoms with E-state index in [9.17, 15) is 4.79 Å². The summed E-state index contributed by atoms with van der Waals surface area (Å²) in [5.41, 5.74) is 1.22. The molecule has 21 heavy (non-hydrogen) atoms. The fourth-order valence-corrected chi connectivity index (χ4v) is 3.42. The Morgan fingerprint density at radius 3 is 2.71 bits per heavy atom. The van der Waals surface area contributed by atoms with Crippen molar-refractivity contribution in [3.05, 3.63) is 23.9 Å². The summed E-state index contributed by atoms with van der Waals surface area (Å²) in [7, 11) is 2.16. The van der Waals surface area contributed by atoms with Crippen LogP contribution in [0.15, 0.2) is 18.3 Å². The van der Waals surface area contributed by atoms with Gasteiger partial charge in [0.15, 0.2) is 0 Å². The number of hydrogen-bond donors (Lipinski definition) is 0. The Bertz CT molecular complexity index is 511. The summed E-state index contributed by atoms with van der Waals surface area (Å²) in [4.78, 5) is 23.2. The highest BCUT2D eigenvalue weighted by Gasteiger charge is 2.31. The Labute approximate surface area is 126 Å². The van der Waals surface area contributed by atoms with E-state index in [0.29, 0.717) is 0 Å². The van der Waals surface area contributed by atoms with Gasteiger partial charge in [-0.05, 0) is 26.0 Å². The van der Waals surface area contributed by atoms with Crippen LogP contribution in [0.25, 0.3) is 0 Å². The lowest BCUT2D eigenvalue weighted by Crippen LogP contribution is -2.45. The first-order valence-corrected chi connectivity index (χ1v) is 7.82. The molecule has 0 bridgehead atoms. The van der Waals surface area contributed by atoms with Gasteiger partial charge < -0.3 is 14.7 Å². The molecule has 114 valence electrons. The molecule has 3 rings (SSSR count). The minimum atomic E-state index is 0.172. The minimum absolute atomic E-state index is 0.172. The van der Waals surface area contributed by atoms with Crippen molar-refractivity contribution in [3.63, 3.8) is 0 Å². The number of amides is 1. The van der Waals surface area contributed by atoms with E-state index in [1.54, 1.807) is 6.92 Å². The molecule has 1 aromatic heterocycles. The molecule has 1 unspecified atom stereocenters. The molecule has 2 aliphatic rings. The van der Waals surface area contributed by atoms with Crippen molar-refractivity contribution in [1.29, 1.82) is 0 Å². The topological polar surface area (TPSA) is 39.7 Å². The molecule has 2 fully saturated rings. The van der Waals surface area contributed by atoms with Crippen LogP contribution in [0.3, 0.4) is 0 Å². The smallest absolute Gasteiger partial charge is 0.219 e. The van der Waals surface area contributed by atoms with E-state index in [4.69, 9.17) is 0 Å². The summed E-state index contributed by atoms with van der Waals surface area (Å²) in [6.07, 6.45) is 4.00. The second-order valence-electron chi connectivity index (χ2n) is 6.08. The fraction of sp³-hybridized carbons (Fsp3) is 0.625. The molecule has 1 amide bonds. The van der Waals surface area contributed by atoms with Crippen molar-refractivity contribution in [2.45, 2.75) is 25.8 Å². The zero-order valence-electron chi connectivity index (χ0n) is 13.0. The summed E-state index contributed by atoms with van der Waals surface area (Å²) in [6, 6.07) is 4.34. The van der Waals surface area contributed by atoms with Gasteiger partial charge in [-0.3, -0.25) is 4.79 Å². The lowest BCUT2D eigenvalue weighted by Gasteiger charge is -2.35. The summed E-state index contributed by atoms with van der Waals surface area (Å²) in [5.74, 6) is 1.24. The first kappa shape index (κ1) is 14.3. The average molecular weight is 288 g/mol.